The Balaban J connectivity index is 1.70. The molecule has 0 radical (unpaired) electrons. The minimum absolute atomic E-state index is 0.155. The minimum atomic E-state index is 0.155. The number of nitrogens with zero attached hydrogens (tertiary/aromatic N) is 1. The fraction of sp³-hybridized carbons (Fsp3) is 0.143. The first-order chi connectivity index (χ1) is 14.5. The minimum Gasteiger partial charge on any atom is -0.309 e. The van der Waals surface area contributed by atoms with Gasteiger partial charge >= 0.3 is 0 Å². The van der Waals surface area contributed by atoms with Crippen LogP contribution < -0.4 is 0 Å². The highest BCUT2D eigenvalue weighted by Gasteiger charge is 2.17. The Labute approximate surface area is 180 Å². The van der Waals surface area contributed by atoms with E-state index in [0.29, 0.717) is 0 Å². The number of para-hydroxylation sites is 1. The highest BCUT2D eigenvalue weighted by molar-refractivity contribution is 7.25. The molecule has 4 aromatic carbocycles. The van der Waals surface area contributed by atoms with Crippen LogP contribution in [0.15, 0.2) is 84.9 Å². The number of benzene rings is 4. The monoisotopic (exact) mass is 405 g/mol. The van der Waals surface area contributed by atoms with Crippen molar-refractivity contribution in [3.8, 4) is 5.69 Å². The summed E-state index contributed by atoms with van der Waals surface area (Å²) in [5.41, 5.74) is 5.27. The molecule has 0 N–H and O–H groups in total. The van der Waals surface area contributed by atoms with Gasteiger partial charge < -0.3 is 4.57 Å². The van der Waals surface area contributed by atoms with Crippen LogP contribution in [-0.2, 0) is 5.41 Å². The van der Waals surface area contributed by atoms with Crippen molar-refractivity contribution in [2.75, 3.05) is 0 Å². The van der Waals surface area contributed by atoms with Crippen LogP contribution in [0.3, 0.4) is 0 Å². The quantitative estimate of drug-likeness (QED) is 0.258. The molecular weight excluding hydrogens is 382 g/mol. The van der Waals surface area contributed by atoms with Crippen LogP contribution in [0, 0.1) is 0 Å². The predicted molar refractivity (Wildman–Crippen MR) is 132 cm³/mol. The third-order valence-corrected chi connectivity index (χ3v) is 7.30. The van der Waals surface area contributed by atoms with Gasteiger partial charge in [-0.3, -0.25) is 0 Å². The van der Waals surface area contributed by atoms with Crippen molar-refractivity contribution in [3.05, 3.63) is 90.5 Å². The zero-order valence-electron chi connectivity index (χ0n) is 17.4. The zero-order valence-corrected chi connectivity index (χ0v) is 18.3. The molecule has 6 aromatic rings. The van der Waals surface area contributed by atoms with Crippen molar-refractivity contribution in [1.82, 2.24) is 4.57 Å². The maximum Gasteiger partial charge on any atom is 0.0555 e. The van der Waals surface area contributed by atoms with Gasteiger partial charge in [0.25, 0.3) is 0 Å². The van der Waals surface area contributed by atoms with Crippen LogP contribution in [0.1, 0.15) is 26.3 Å². The number of hydrogen-bond donors (Lipinski definition) is 0. The van der Waals surface area contributed by atoms with Crippen molar-refractivity contribution >= 4 is 53.3 Å². The van der Waals surface area contributed by atoms with E-state index in [9.17, 15) is 0 Å². The lowest BCUT2D eigenvalue weighted by molar-refractivity contribution is 0.590. The average molecular weight is 406 g/mol. The number of aromatic nitrogens is 1. The maximum absolute atomic E-state index is 2.42. The molecule has 0 saturated heterocycles. The van der Waals surface area contributed by atoms with Gasteiger partial charge in [0.2, 0.25) is 0 Å². The lowest BCUT2D eigenvalue weighted by Gasteiger charge is -2.19. The third-order valence-electron chi connectivity index (χ3n) is 6.16. The molecule has 0 aliphatic rings. The van der Waals surface area contributed by atoms with Gasteiger partial charge in [-0.05, 0) is 47.4 Å². The molecule has 2 heteroatoms. The van der Waals surface area contributed by atoms with Crippen LogP contribution in [0.4, 0.5) is 0 Å². The SMILES string of the molecule is CC(C)(C)c1ccc(-n2c3ccccc3c3cc4c(cc32)sc2ccccc24)cc1. The van der Waals surface area contributed by atoms with E-state index in [-0.39, 0.29) is 5.41 Å². The molecule has 0 atom stereocenters. The largest absolute Gasteiger partial charge is 0.309 e. The molecular formula is C28H23NS. The van der Waals surface area contributed by atoms with E-state index in [1.165, 1.54) is 53.2 Å². The highest BCUT2D eigenvalue weighted by Crippen LogP contribution is 2.40. The van der Waals surface area contributed by atoms with E-state index in [4.69, 9.17) is 0 Å². The molecule has 0 spiro atoms. The van der Waals surface area contributed by atoms with Crippen LogP contribution in [-0.4, -0.2) is 4.57 Å². The molecule has 1 nitrogen and oxygen atoms in total. The van der Waals surface area contributed by atoms with Crippen LogP contribution in [0.25, 0.3) is 47.7 Å². The lowest BCUT2D eigenvalue weighted by Crippen LogP contribution is -2.10. The first-order valence-electron chi connectivity index (χ1n) is 10.5. The Kier molecular flexibility index (Phi) is 3.66. The summed E-state index contributed by atoms with van der Waals surface area (Å²) < 4.78 is 5.12. The van der Waals surface area contributed by atoms with Crippen molar-refractivity contribution in [3.63, 3.8) is 0 Å². The summed E-state index contributed by atoms with van der Waals surface area (Å²) in [6.07, 6.45) is 0. The Morgan fingerprint density at radius 2 is 1.30 bits per heavy atom. The second kappa shape index (κ2) is 6.20. The molecule has 0 unspecified atom stereocenters. The van der Waals surface area contributed by atoms with Gasteiger partial charge in [0, 0.05) is 36.6 Å². The Hall–Kier alpha value is -3.10. The van der Waals surface area contributed by atoms with Crippen molar-refractivity contribution < 1.29 is 0 Å². The van der Waals surface area contributed by atoms with Gasteiger partial charge in [0.1, 0.15) is 0 Å². The summed E-state index contributed by atoms with van der Waals surface area (Å²) in [6.45, 7) is 6.79. The lowest BCUT2D eigenvalue weighted by atomic mass is 9.87. The molecule has 0 aliphatic heterocycles. The van der Waals surface area contributed by atoms with Gasteiger partial charge in [-0.2, -0.15) is 0 Å². The Bertz CT molecular complexity index is 1560. The molecule has 0 saturated carbocycles. The van der Waals surface area contributed by atoms with E-state index < -0.39 is 0 Å². The first-order valence-corrected chi connectivity index (χ1v) is 11.3. The van der Waals surface area contributed by atoms with E-state index >= 15 is 0 Å². The van der Waals surface area contributed by atoms with Crippen LogP contribution in [0.2, 0.25) is 0 Å². The van der Waals surface area contributed by atoms with Crippen LogP contribution >= 0.6 is 11.3 Å². The molecule has 2 heterocycles. The van der Waals surface area contributed by atoms with Gasteiger partial charge in [-0.15, -0.1) is 11.3 Å². The summed E-state index contributed by atoms with van der Waals surface area (Å²) in [5.74, 6) is 0. The summed E-state index contributed by atoms with van der Waals surface area (Å²) >= 11 is 1.88. The molecule has 0 amide bonds. The molecule has 2 aromatic heterocycles. The number of thiophene rings is 1. The molecule has 0 bridgehead atoms. The Morgan fingerprint density at radius 3 is 2.07 bits per heavy atom. The highest BCUT2D eigenvalue weighted by atomic mass is 32.1. The fourth-order valence-corrected chi connectivity index (χ4v) is 5.70. The normalized spacial score (nSPS) is 12.5. The number of hydrogen-bond acceptors (Lipinski definition) is 1. The number of rotatable bonds is 1. The summed E-state index contributed by atoms with van der Waals surface area (Å²) in [7, 11) is 0. The standard InChI is InChI=1S/C28H23NS/c1-28(2,3)18-12-14-19(15-13-18)29-24-10-6-4-8-20(24)22-16-23-21-9-5-7-11-26(21)30-27(23)17-25(22)29/h4-17H,1-3H3. The molecule has 6 rings (SSSR count). The predicted octanol–water partition coefficient (Wildman–Crippen LogP) is 8.45. The van der Waals surface area contributed by atoms with E-state index in [0.717, 1.165) is 0 Å². The molecule has 30 heavy (non-hydrogen) atoms. The average Bonchev–Trinajstić information content (AvgIpc) is 3.26. The van der Waals surface area contributed by atoms with Gasteiger partial charge in [-0.25, -0.2) is 0 Å². The number of fused-ring (bicyclic) bond motifs is 6. The fourth-order valence-electron chi connectivity index (χ4n) is 4.58. The van der Waals surface area contributed by atoms with Crippen molar-refractivity contribution in [1.29, 1.82) is 0 Å². The van der Waals surface area contributed by atoms with Gasteiger partial charge in [0.15, 0.2) is 0 Å². The second-order valence-corrected chi connectivity index (χ2v) is 10.2. The van der Waals surface area contributed by atoms with E-state index in [2.05, 4.69) is 110 Å². The molecule has 0 aliphatic carbocycles. The Morgan fingerprint density at radius 1 is 0.600 bits per heavy atom. The smallest absolute Gasteiger partial charge is 0.0555 e. The summed E-state index contributed by atoms with van der Waals surface area (Å²) in [6, 6.07) is 31.3. The maximum atomic E-state index is 2.42. The van der Waals surface area contributed by atoms with E-state index in [1.54, 1.807) is 0 Å². The van der Waals surface area contributed by atoms with Crippen molar-refractivity contribution in [2.24, 2.45) is 0 Å². The summed E-state index contributed by atoms with van der Waals surface area (Å²) in [5, 5.41) is 5.34. The summed E-state index contributed by atoms with van der Waals surface area (Å²) in [4.78, 5) is 0. The van der Waals surface area contributed by atoms with Gasteiger partial charge in [0.05, 0.1) is 11.0 Å². The molecule has 0 fully saturated rings. The van der Waals surface area contributed by atoms with Crippen molar-refractivity contribution in [2.45, 2.75) is 26.2 Å². The van der Waals surface area contributed by atoms with E-state index in [1.807, 2.05) is 11.3 Å². The van der Waals surface area contributed by atoms with Gasteiger partial charge in [-0.1, -0.05) is 69.3 Å². The topological polar surface area (TPSA) is 4.93 Å². The third kappa shape index (κ3) is 2.54. The second-order valence-electron chi connectivity index (χ2n) is 9.11. The molecule has 146 valence electrons. The van der Waals surface area contributed by atoms with Crippen LogP contribution in [0.5, 0.6) is 0 Å². The zero-order chi connectivity index (χ0) is 20.5. The first kappa shape index (κ1) is 17.7.